The van der Waals surface area contributed by atoms with E-state index in [1.54, 1.807) is 11.8 Å². The van der Waals surface area contributed by atoms with Crippen molar-refractivity contribution in [2.75, 3.05) is 19.6 Å². The minimum Gasteiger partial charge on any atom is -0.338 e. The first-order valence-electron chi connectivity index (χ1n) is 8.40. The fraction of sp³-hybridized carbons (Fsp3) is 0.556. The Morgan fingerprint density at radius 1 is 1.25 bits per heavy atom. The van der Waals surface area contributed by atoms with Crippen LogP contribution in [-0.4, -0.2) is 47.3 Å². The molecule has 0 aliphatic carbocycles. The molecule has 0 saturated carbocycles. The normalized spacial score (nSPS) is 17.1. The molecule has 1 aromatic rings. The van der Waals surface area contributed by atoms with E-state index in [4.69, 9.17) is 5.73 Å². The van der Waals surface area contributed by atoms with Crippen LogP contribution < -0.4 is 5.73 Å². The van der Waals surface area contributed by atoms with E-state index in [-0.39, 0.29) is 30.3 Å². The van der Waals surface area contributed by atoms with Crippen LogP contribution in [-0.2, 0) is 16.1 Å². The van der Waals surface area contributed by atoms with Crippen molar-refractivity contribution in [2.45, 2.75) is 45.2 Å². The van der Waals surface area contributed by atoms with E-state index < -0.39 is 0 Å². The Kier molecular flexibility index (Phi) is 8.79. The Hall–Kier alpha value is -1.59. The summed E-state index contributed by atoms with van der Waals surface area (Å²) in [5.41, 5.74) is 6.86. The molecule has 1 aliphatic rings. The highest BCUT2D eigenvalue weighted by Gasteiger charge is 2.25. The molecule has 1 aromatic carbocycles. The smallest absolute Gasteiger partial charge is 0.224 e. The number of nitrogens with two attached hydrogens (primary N) is 1. The van der Waals surface area contributed by atoms with Crippen LogP contribution in [0.3, 0.4) is 0 Å². The molecule has 1 atom stereocenters. The highest BCUT2D eigenvalue weighted by molar-refractivity contribution is 5.85. The van der Waals surface area contributed by atoms with Crippen LogP contribution in [0.4, 0.5) is 0 Å². The topological polar surface area (TPSA) is 66.6 Å². The second kappa shape index (κ2) is 10.3. The van der Waals surface area contributed by atoms with Crippen LogP contribution in [0.2, 0.25) is 0 Å². The van der Waals surface area contributed by atoms with Crippen molar-refractivity contribution in [3.8, 4) is 0 Å². The van der Waals surface area contributed by atoms with E-state index in [1.165, 1.54) is 0 Å². The van der Waals surface area contributed by atoms with Crippen LogP contribution in [0.15, 0.2) is 30.3 Å². The third-order valence-corrected chi connectivity index (χ3v) is 4.48. The van der Waals surface area contributed by atoms with Gasteiger partial charge in [0.05, 0.1) is 0 Å². The number of hydrogen-bond acceptors (Lipinski definition) is 3. The van der Waals surface area contributed by atoms with Crippen molar-refractivity contribution in [1.82, 2.24) is 9.80 Å². The Morgan fingerprint density at radius 3 is 2.58 bits per heavy atom. The van der Waals surface area contributed by atoms with Gasteiger partial charge in [0.15, 0.2) is 0 Å². The van der Waals surface area contributed by atoms with Gasteiger partial charge < -0.3 is 15.5 Å². The van der Waals surface area contributed by atoms with Gasteiger partial charge in [0.2, 0.25) is 11.8 Å². The summed E-state index contributed by atoms with van der Waals surface area (Å²) in [6, 6.07) is 10.0. The number of benzene rings is 1. The first kappa shape index (κ1) is 20.5. The van der Waals surface area contributed by atoms with E-state index in [0.29, 0.717) is 26.1 Å². The van der Waals surface area contributed by atoms with Crippen molar-refractivity contribution >= 4 is 24.2 Å². The van der Waals surface area contributed by atoms with Crippen LogP contribution in [0.5, 0.6) is 0 Å². The maximum Gasteiger partial charge on any atom is 0.224 e. The first-order chi connectivity index (χ1) is 11.1. The molecule has 5 nitrogen and oxygen atoms in total. The number of likely N-dealkylation sites (tertiary alicyclic amines) is 1. The summed E-state index contributed by atoms with van der Waals surface area (Å²) in [6.45, 7) is 3.86. The van der Waals surface area contributed by atoms with E-state index >= 15 is 0 Å². The van der Waals surface area contributed by atoms with Crippen LogP contribution in [0.25, 0.3) is 0 Å². The molecule has 24 heavy (non-hydrogen) atoms. The van der Waals surface area contributed by atoms with Crippen LogP contribution >= 0.6 is 12.4 Å². The Balaban J connectivity index is 0.00000288. The zero-order valence-corrected chi connectivity index (χ0v) is 15.1. The molecule has 6 heteroatoms. The summed E-state index contributed by atoms with van der Waals surface area (Å²) < 4.78 is 0. The van der Waals surface area contributed by atoms with E-state index in [2.05, 4.69) is 0 Å². The Morgan fingerprint density at radius 2 is 1.96 bits per heavy atom. The number of piperidine rings is 1. The Labute approximate surface area is 150 Å². The molecule has 0 spiro atoms. The molecule has 1 aliphatic heterocycles. The van der Waals surface area contributed by atoms with Gasteiger partial charge in [-0.25, -0.2) is 0 Å². The fourth-order valence-electron chi connectivity index (χ4n) is 3.10. The van der Waals surface area contributed by atoms with Gasteiger partial charge in [0.1, 0.15) is 0 Å². The van der Waals surface area contributed by atoms with E-state index in [0.717, 1.165) is 31.4 Å². The molecule has 1 unspecified atom stereocenters. The monoisotopic (exact) mass is 353 g/mol. The summed E-state index contributed by atoms with van der Waals surface area (Å²) >= 11 is 0. The predicted octanol–water partition coefficient (Wildman–Crippen LogP) is 2.19. The number of nitrogens with zero attached hydrogens (tertiary/aromatic N) is 2. The fourth-order valence-corrected chi connectivity index (χ4v) is 3.10. The molecule has 0 bridgehead atoms. The number of carbonyl (C=O) groups excluding carboxylic acids is 2. The molecule has 2 N–H and O–H groups in total. The molecule has 2 rings (SSSR count). The highest BCUT2D eigenvalue weighted by atomic mass is 35.5. The lowest BCUT2D eigenvalue weighted by atomic mass is 10.0. The summed E-state index contributed by atoms with van der Waals surface area (Å²) in [4.78, 5) is 28.0. The molecule has 1 fully saturated rings. The number of rotatable bonds is 6. The van der Waals surface area contributed by atoms with Crippen LogP contribution in [0.1, 0.15) is 38.2 Å². The standard InChI is InChI=1S/C18H27N3O2.ClH/c1-15(22)20(14-16-7-3-2-4-8-16)12-10-18(23)21-11-6-5-9-17(21)13-19;/h2-4,7-8,17H,5-6,9-14,19H2,1H3;1H. The molecule has 0 radical (unpaired) electrons. The Bertz CT molecular complexity index is 524. The SMILES string of the molecule is CC(=O)N(CCC(=O)N1CCCCC1CN)Cc1ccccc1.Cl. The van der Waals surface area contributed by atoms with Crippen molar-refractivity contribution in [1.29, 1.82) is 0 Å². The van der Waals surface area contributed by atoms with Gasteiger partial charge in [-0.15, -0.1) is 12.4 Å². The third-order valence-electron chi connectivity index (χ3n) is 4.48. The average molecular weight is 354 g/mol. The minimum atomic E-state index is -0.00401. The van der Waals surface area contributed by atoms with Crippen molar-refractivity contribution in [2.24, 2.45) is 5.73 Å². The van der Waals surface area contributed by atoms with Gasteiger partial charge in [-0.1, -0.05) is 30.3 Å². The zero-order valence-electron chi connectivity index (χ0n) is 14.3. The lowest BCUT2D eigenvalue weighted by molar-refractivity contribution is -0.136. The molecule has 2 amide bonds. The third kappa shape index (κ3) is 5.80. The summed E-state index contributed by atoms with van der Waals surface area (Å²) in [5.74, 6) is 0.107. The lowest BCUT2D eigenvalue weighted by Gasteiger charge is -2.35. The van der Waals surface area contributed by atoms with Crippen molar-refractivity contribution in [3.63, 3.8) is 0 Å². The molecular formula is C18H28ClN3O2. The summed E-state index contributed by atoms with van der Waals surface area (Å²) in [6.07, 6.45) is 3.54. The largest absolute Gasteiger partial charge is 0.338 e. The first-order valence-corrected chi connectivity index (χ1v) is 8.40. The summed E-state index contributed by atoms with van der Waals surface area (Å²) in [5, 5.41) is 0. The molecule has 134 valence electrons. The number of amides is 2. The summed E-state index contributed by atoms with van der Waals surface area (Å²) in [7, 11) is 0. The number of halogens is 1. The van der Waals surface area contributed by atoms with Gasteiger partial charge >= 0.3 is 0 Å². The molecule has 0 aromatic heterocycles. The van der Waals surface area contributed by atoms with E-state index in [1.807, 2.05) is 35.2 Å². The van der Waals surface area contributed by atoms with Gasteiger partial charge in [-0.05, 0) is 24.8 Å². The molecule has 1 heterocycles. The predicted molar refractivity (Wildman–Crippen MR) is 97.8 cm³/mol. The van der Waals surface area contributed by atoms with Crippen molar-refractivity contribution in [3.05, 3.63) is 35.9 Å². The minimum absolute atomic E-state index is 0. The average Bonchev–Trinajstić information content (AvgIpc) is 2.58. The maximum atomic E-state index is 12.5. The van der Waals surface area contributed by atoms with Gasteiger partial charge in [-0.2, -0.15) is 0 Å². The molecular weight excluding hydrogens is 326 g/mol. The second-order valence-electron chi connectivity index (χ2n) is 6.15. The van der Waals surface area contributed by atoms with Gasteiger partial charge in [0.25, 0.3) is 0 Å². The highest BCUT2D eigenvalue weighted by Crippen LogP contribution is 2.17. The van der Waals surface area contributed by atoms with Gasteiger partial charge in [-0.3, -0.25) is 9.59 Å². The number of carbonyl (C=O) groups is 2. The maximum absolute atomic E-state index is 12.5. The quantitative estimate of drug-likeness (QED) is 0.852. The molecule has 1 saturated heterocycles. The van der Waals surface area contributed by atoms with Gasteiger partial charge in [0, 0.05) is 45.6 Å². The van der Waals surface area contributed by atoms with Crippen LogP contribution in [0, 0.1) is 0 Å². The van der Waals surface area contributed by atoms with Crippen molar-refractivity contribution < 1.29 is 9.59 Å². The lowest BCUT2D eigenvalue weighted by Crippen LogP contribution is -2.48. The zero-order chi connectivity index (χ0) is 16.7. The van der Waals surface area contributed by atoms with E-state index in [9.17, 15) is 9.59 Å². The second-order valence-corrected chi connectivity index (χ2v) is 6.15. The number of hydrogen-bond donors (Lipinski definition) is 1.